The van der Waals surface area contributed by atoms with Gasteiger partial charge in [-0.05, 0) is 19.1 Å². The molecule has 1 saturated heterocycles. The zero-order valence-corrected chi connectivity index (χ0v) is 11.8. The number of ether oxygens (including phenoxy) is 1. The average molecular weight is 311 g/mol. The van der Waals surface area contributed by atoms with Crippen molar-refractivity contribution >= 4 is 32.7 Å². The fraction of sp³-hybridized carbons (Fsp3) is 0.462. The van der Waals surface area contributed by atoms with Crippen molar-refractivity contribution < 1.29 is 9.15 Å². The Labute approximate surface area is 114 Å². The number of anilines is 1. The molecule has 0 aromatic carbocycles. The Morgan fingerprint density at radius 2 is 2.39 bits per heavy atom. The Kier molecular flexibility index (Phi) is 3.26. The second-order valence-electron chi connectivity index (χ2n) is 4.58. The first-order valence-electron chi connectivity index (χ1n) is 6.06. The number of hydrogen-bond acceptors (Lipinski definition) is 4. The summed E-state index contributed by atoms with van der Waals surface area (Å²) in [6.45, 7) is 3.74. The SMILES string of the molecule is CC1COC(CBr)CN1c1nccc2occc12. The molecule has 96 valence electrons. The lowest BCUT2D eigenvalue weighted by atomic mass is 10.2. The molecule has 2 unspecified atom stereocenters. The summed E-state index contributed by atoms with van der Waals surface area (Å²) in [4.78, 5) is 6.82. The van der Waals surface area contributed by atoms with Gasteiger partial charge in [-0.1, -0.05) is 15.9 Å². The van der Waals surface area contributed by atoms with Crippen molar-refractivity contribution in [3.63, 3.8) is 0 Å². The van der Waals surface area contributed by atoms with Gasteiger partial charge in [0.05, 0.1) is 30.4 Å². The van der Waals surface area contributed by atoms with E-state index in [2.05, 4.69) is 32.7 Å². The van der Waals surface area contributed by atoms with Gasteiger partial charge in [0.25, 0.3) is 0 Å². The van der Waals surface area contributed by atoms with Crippen molar-refractivity contribution in [1.82, 2.24) is 4.98 Å². The van der Waals surface area contributed by atoms with E-state index in [0.717, 1.165) is 35.3 Å². The number of alkyl halides is 1. The molecule has 0 saturated carbocycles. The van der Waals surface area contributed by atoms with Crippen LogP contribution in [-0.2, 0) is 4.74 Å². The highest BCUT2D eigenvalue weighted by Gasteiger charge is 2.27. The lowest BCUT2D eigenvalue weighted by molar-refractivity contribution is 0.0378. The van der Waals surface area contributed by atoms with Gasteiger partial charge in [0.1, 0.15) is 11.4 Å². The minimum atomic E-state index is 0.213. The molecule has 4 nitrogen and oxygen atoms in total. The maximum absolute atomic E-state index is 5.74. The molecule has 2 atom stereocenters. The van der Waals surface area contributed by atoms with E-state index in [1.54, 1.807) is 12.5 Å². The largest absolute Gasteiger partial charge is 0.464 e. The van der Waals surface area contributed by atoms with Crippen LogP contribution in [0.2, 0.25) is 0 Å². The number of aromatic nitrogens is 1. The van der Waals surface area contributed by atoms with Crippen LogP contribution in [-0.4, -0.2) is 35.6 Å². The molecule has 0 aliphatic carbocycles. The standard InChI is InChI=1S/C13H15BrN2O2/c1-9-8-18-10(6-14)7-16(9)13-11-3-5-17-12(11)2-4-15-13/h2-5,9-10H,6-8H2,1H3. The molecule has 3 rings (SSSR count). The highest BCUT2D eigenvalue weighted by Crippen LogP contribution is 2.28. The van der Waals surface area contributed by atoms with Crippen LogP contribution in [0.5, 0.6) is 0 Å². The van der Waals surface area contributed by atoms with E-state index in [1.807, 2.05) is 12.1 Å². The molecule has 3 heterocycles. The molecule has 0 bridgehead atoms. The monoisotopic (exact) mass is 310 g/mol. The minimum absolute atomic E-state index is 0.213. The maximum atomic E-state index is 5.74. The second kappa shape index (κ2) is 4.90. The van der Waals surface area contributed by atoms with Gasteiger partial charge in [0, 0.05) is 18.1 Å². The zero-order valence-electron chi connectivity index (χ0n) is 10.2. The number of halogens is 1. The van der Waals surface area contributed by atoms with Gasteiger partial charge < -0.3 is 14.1 Å². The van der Waals surface area contributed by atoms with Crippen LogP contribution in [0.3, 0.4) is 0 Å². The van der Waals surface area contributed by atoms with Gasteiger partial charge in [0.15, 0.2) is 0 Å². The lowest BCUT2D eigenvalue weighted by Crippen LogP contribution is -2.49. The Bertz CT molecular complexity index is 543. The summed E-state index contributed by atoms with van der Waals surface area (Å²) in [5.41, 5.74) is 0.883. The zero-order chi connectivity index (χ0) is 12.5. The predicted molar refractivity (Wildman–Crippen MR) is 74.4 cm³/mol. The third-order valence-electron chi connectivity index (χ3n) is 3.31. The summed E-state index contributed by atoms with van der Waals surface area (Å²) in [6.07, 6.45) is 3.72. The van der Waals surface area contributed by atoms with Gasteiger partial charge in [-0.3, -0.25) is 0 Å². The number of nitrogens with zero attached hydrogens (tertiary/aromatic N) is 2. The summed E-state index contributed by atoms with van der Waals surface area (Å²) in [5, 5.41) is 1.91. The average Bonchev–Trinajstić information content (AvgIpc) is 2.87. The first-order valence-corrected chi connectivity index (χ1v) is 7.18. The van der Waals surface area contributed by atoms with Crippen molar-refractivity contribution in [2.24, 2.45) is 0 Å². The first-order chi connectivity index (χ1) is 8.79. The topological polar surface area (TPSA) is 38.5 Å². The van der Waals surface area contributed by atoms with E-state index in [-0.39, 0.29) is 6.10 Å². The molecule has 0 amide bonds. The van der Waals surface area contributed by atoms with Gasteiger partial charge >= 0.3 is 0 Å². The van der Waals surface area contributed by atoms with Crippen molar-refractivity contribution in [2.75, 3.05) is 23.4 Å². The Morgan fingerprint density at radius 1 is 1.50 bits per heavy atom. The molecule has 0 spiro atoms. The van der Waals surface area contributed by atoms with E-state index in [1.165, 1.54) is 0 Å². The van der Waals surface area contributed by atoms with Gasteiger partial charge in [-0.15, -0.1) is 0 Å². The molecule has 1 aliphatic rings. The normalized spacial score (nSPS) is 24.7. The van der Waals surface area contributed by atoms with Crippen molar-refractivity contribution in [3.05, 3.63) is 24.6 Å². The lowest BCUT2D eigenvalue weighted by Gasteiger charge is -2.38. The number of rotatable bonds is 2. The summed E-state index contributed by atoms with van der Waals surface area (Å²) >= 11 is 3.48. The Morgan fingerprint density at radius 3 is 3.22 bits per heavy atom. The third kappa shape index (κ3) is 2.01. The quantitative estimate of drug-likeness (QED) is 0.800. The van der Waals surface area contributed by atoms with E-state index in [0.29, 0.717) is 6.04 Å². The highest BCUT2D eigenvalue weighted by atomic mass is 79.9. The second-order valence-corrected chi connectivity index (χ2v) is 5.23. The molecule has 2 aromatic heterocycles. The Balaban J connectivity index is 1.99. The van der Waals surface area contributed by atoms with Gasteiger partial charge in [-0.2, -0.15) is 0 Å². The fourth-order valence-corrected chi connectivity index (χ4v) is 2.71. The molecule has 0 radical (unpaired) electrons. The predicted octanol–water partition coefficient (Wildman–Crippen LogP) is 2.82. The number of furan rings is 1. The smallest absolute Gasteiger partial charge is 0.140 e. The molecule has 1 fully saturated rings. The maximum Gasteiger partial charge on any atom is 0.140 e. The van der Waals surface area contributed by atoms with Crippen LogP contribution in [0.15, 0.2) is 29.0 Å². The fourth-order valence-electron chi connectivity index (χ4n) is 2.31. The van der Waals surface area contributed by atoms with Crippen LogP contribution in [0.25, 0.3) is 11.0 Å². The van der Waals surface area contributed by atoms with E-state index in [4.69, 9.17) is 9.15 Å². The molecule has 2 aromatic rings. The number of hydrogen-bond donors (Lipinski definition) is 0. The van der Waals surface area contributed by atoms with Crippen molar-refractivity contribution in [2.45, 2.75) is 19.1 Å². The molecule has 1 aliphatic heterocycles. The van der Waals surface area contributed by atoms with Gasteiger partial charge in [-0.25, -0.2) is 4.98 Å². The molecule has 0 N–H and O–H groups in total. The summed E-state index contributed by atoms with van der Waals surface area (Å²) in [5.74, 6) is 0.989. The van der Waals surface area contributed by atoms with E-state index in [9.17, 15) is 0 Å². The summed E-state index contributed by atoms with van der Waals surface area (Å²) < 4.78 is 11.2. The third-order valence-corrected chi connectivity index (χ3v) is 4.03. The van der Waals surface area contributed by atoms with Crippen LogP contribution in [0.1, 0.15) is 6.92 Å². The van der Waals surface area contributed by atoms with Crippen LogP contribution in [0, 0.1) is 0 Å². The highest BCUT2D eigenvalue weighted by molar-refractivity contribution is 9.09. The number of pyridine rings is 1. The van der Waals surface area contributed by atoms with Crippen molar-refractivity contribution in [1.29, 1.82) is 0 Å². The first kappa shape index (κ1) is 12.0. The molecule has 5 heteroatoms. The Hall–Kier alpha value is -1.07. The molecule has 18 heavy (non-hydrogen) atoms. The van der Waals surface area contributed by atoms with E-state index >= 15 is 0 Å². The number of morpholine rings is 1. The minimum Gasteiger partial charge on any atom is -0.464 e. The molecular weight excluding hydrogens is 296 g/mol. The molecular formula is C13H15BrN2O2. The van der Waals surface area contributed by atoms with E-state index < -0.39 is 0 Å². The van der Waals surface area contributed by atoms with Crippen molar-refractivity contribution in [3.8, 4) is 0 Å². The summed E-state index contributed by atoms with van der Waals surface area (Å²) in [7, 11) is 0. The number of fused-ring (bicyclic) bond motifs is 1. The van der Waals surface area contributed by atoms with Gasteiger partial charge in [0.2, 0.25) is 0 Å². The van der Waals surface area contributed by atoms with Crippen LogP contribution < -0.4 is 4.90 Å². The van der Waals surface area contributed by atoms with Crippen LogP contribution in [0.4, 0.5) is 5.82 Å². The van der Waals surface area contributed by atoms with Crippen LogP contribution >= 0.6 is 15.9 Å². The summed E-state index contributed by atoms with van der Waals surface area (Å²) in [6, 6.07) is 4.20.